The van der Waals surface area contributed by atoms with Crippen molar-refractivity contribution in [3.63, 3.8) is 0 Å². The molecule has 0 unspecified atom stereocenters. The largest absolute Gasteiger partial charge is 0.417 e. The van der Waals surface area contributed by atoms with E-state index in [1.54, 1.807) is 6.07 Å². The lowest BCUT2D eigenvalue weighted by molar-refractivity contribution is -0.137. The molecule has 3 atom stereocenters. The van der Waals surface area contributed by atoms with E-state index in [0.29, 0.717) is 47.8 Å². The summed E-state index contributed by atoms with van der Waals surface area (Å²) >= 11 is 0. The molecule has 172 valence electrons. The highest BCUT2D eigenvalue weighted by atomic mass is 19.4. The molecule has 3 aromatic heterocycles. The molecule has 1 N–H and O–H groups in total. The van der Waals surface area contributed by atoms with Gasteiger partial charge in [0, 0.05) is 31.0 Å². The van der Waals surface area contributed by atoms with E-state index in [2.05, 4.69) is 25.4 Å². The molecule has 3 aromatic rings. The first-order valence-electron chi connectivity index (χ1n) is 10.7. The molecule has 0 aromatic carbocycles. The summed E-state index contributed by atoms with van der Waals surface area (Å²) in [6.07, 6.45) is 1.20. The minimum Gasteiger partial charge on any atom is -0.368 e. The number of hydrogen-bond donors (Lipinski definition) is 1. The fourth-order valence-electron chi connectivity index (χ4n) is 4.39. The van der Waals surface area contributed by atoms with Crippen LogP contribution in [0.1, 0.15) is 34.6 Å². The van der Waals surface area contributed by atoms with Gasteiger partial charge in [-0.25, -0.2) is 19.6 Å². The smallest absolute Gasteiger partial charge is 0.368 e. The van der Waals surface area contributed by atoms with Crippen molar-refractivity contribution < 1.29 is 18.0 Å². The topological polar surface area (TPSA) is 88.8 Å². The second kappa shape index (κ2) is 8.13. The van der Waals surface area contributed by atoms with Crippen LogP contribution in [0.25, 0.3) is 5.69 Å². The van der Waals surface area contributed by atoms with Gasteiger partial charge in [0.2, 0.25) is 0 Å². The molecule has 1 aliphatic carbocycles. The molecule has 2 fully saturated rings. The maximum Gasteiger partial charge on any atom is 0.417 e. The molecule has 5 rings (SSSR count). The molecule has 1 saturated heterocycles. The highest BCUT2D eigenvalue weighted by Crippen LogP contribution is 2.47. The zero-order valence-corrected chi connectivity index (χ0v) is 17.8. The van der Waals surface area contributed by atoms with E-state index < -0.39 is 11.7 Å². The first kappa shape index (κ1) is 21.4. The second-order valence-corrected chi connectivity index (χ2v) is 8.57. The summed E-state index contributed by atoms with van der Waals surface area (Å²) in [5.74, 6) is 1.20. The van der Waals surface area contributed by atoms with E-state index >= 15 is 0 Å². The standard InChI is InChI=1S/C22H22F3N7O/c1-13-2-4-18(32-12-26-11-29-32)20(30-13)21(33)31-10-15-6-14(15)7-17(31)9-28-19-5-3-16(8-27-19)22(23,24)25/h2-5,8,11-12,14-15,17H,6-7,9-10H2,1H3,(H,27,28)/t14-,15+,17+/m1/s1. The zero-order chi connectivity index (χ0) is 23.2. The number of alkyl halides is 3. The van der Waals surface area contributed by atoms with Crippen LogP contribution in [0.15, 0.2) is 43.1 Å². The fourth-order valence-corrected chi connectivity index (χ4v) is 4.39. The molecule has 11 heteroatoms. The molecule has 1 aliphatic heterocycles. The Kier molecular flexibility index (Phi) is 5.26. The summed E-state index contributed by atoms with van der Waals surface area (Å²) in [5.41, 5.74) is 0.774. The van der Waals surface area contributed by atoms with Crippen molar-refractivity contribution in [3.8, 4) is 5.69 Å². The lowest BCUT2D eigenvalue weighted by Gasteiger charge is -2.36. The molecule has 1 amide bonds. The first-order chi connectivity index (χ1) is 15.8. The number of pyridine rings is 2. The number of piperidine rings is 1. The van der Waals surface area contributed by atoms with Gasteiger partial charge in [-0.3, -0.25) is 4.79 Å². The van der Waals surface area contributed by atoms with Gasteiger partial charge in [-0.15, -0.1) is 0 Å². The minimum atomic E-state index is -4.43. The van der Waals surface area contributed by atoms with Crippen molar-refractivity contribution in [2.45, 2.75) is 32.0 Å². The fraction of sp³-hybridized carbons (Fsp3) is 0.409. The van der Waals surface area contributed by atoms with Gasteiger partial charge in [-0.05, 0) is 55.9 Å². The van der Waals surface area contributed by atoms with Crippen molar-refractivity contribution in [1.29, 1.82) is 0 Å². The van der Waals surface area contributed by atoms with Crippen LogP contribution in [-0.4, -0.2) is 54.7 Å². The van der Waals surface area contributed by atoms with Crippen LogP contribution in [0.2, 0.25) is 0 Å². The SMILES string of the molecule is Cc1ccc(-n2cncn2)c(C(=O)N2C[C@@H]3C[C@@H]3C[C@H]2CNc2ccc(C(F)(F)F)cn2)n1. The lowest BCUT2D eigenvalue weighted by Crippen LogP contribution is -2.48. The van der Waals surface area contributed by atoms with Crippen LogP contribution in [0.4, 0.5) is 19.0 Å². The molecule has 1 saturated carbocycles. The number of fused-ring (bicyclic) bond motifs is 1. The molecular weight excluding hydrogens is 435 g/mol. The van der Waals surface area contributed by atoms with Crippen molar-refractivity contribution >= 4 is 11.7 Å². The third-order valence-electron chi connectivity index (χ3n) is 6.27. The van der Waals surface area contributed by atoms with E-state index in [4.69, 9.17) is 0 Å². The Labute approximate surface area is 187 Å². The Morgan fingerprint density at radius 2 is 2.03 bits per heavy atom. The predicted octanol–water partition coefficient (Wildman–Crippen LogP) is 3.35. The molecule has 0 bridgehead atoms. The number of hydrogen-bond acceptors (Lipinski definition) is 6. The molecule has 0 radical (unpaired) electrons. The van der Waals surface area contributed by atoms with Gasteiger partial charge in [0.05, 0.1) is 11.3 Å². The van der Waals surface area contributed by atoms with Crippen molar-refractivity contribution in [2.75, 3.05) is 18.4 Å². The number of nitrogens with one attached hydrogen (secondary N) is 1. The van der Waals surface area contributed by atoms with Crippen LogP contribution < -0.4 is 5.32 Å². The number of aromatic nitrogens is 5. The van der Waals surface area contributed by atoms with Gasteiger partial charge >= 0.3 is 6.18 Å². The van der Waals surface area contributed by atoms with E-state index in [0.717, 1.165) is 25.1 Å². The number of carbonyl (C=O) groups is 1. The summed E-state index contributed by atoms with van der Waals surface area (Å²) in [6.45, 7) is 2.84. The van der Waals surface area contributed by atoms with E-state index in [1.807, 2.05) is 17.9 Å². The summed E-state index contributed by atoms with van der Waals surface area (Å²) < 4.78 is 39.9. The normalized spacial score (nSPS) is 22.1. The second-order valence-electron chi connectivity index (χ2n) is 8.57. The quantitative estimate of drug-likeness (QED) is 0.632. The van der Waals surface area contributed by atoms with Crippen molar-refractivity contribution in [2.24, 2.45) is 11.8 Å². The van der Waals surface area contributed by atoms with E-state index in [9.17, 15) is 18.0 Å². The van der Waals surface area contributed by atoms with Crippen LogP contribution in [0.3, 0.4) is 0 Å². The van der Waals surface area contributed by atoms with E-state index in [1.165, 1.54) is 23.4 Å². The molecule has 4 heterocycles. The van der Waals surface area contributed by atoms with Gasteiger partial charge in [0.15, 0.2) is 5.69 Å². The minimum absolute atomic E-state index is 0.128. The summed E-state index contributed by atoms with van der Waals surface area (Å²) in [7, 11) is 0. The first-order valence-corrected chi connectivity index (χ1v) is 10.7. The summed E-state index contributed by atoms with van der Waals surface area (Å²) in [4.78, 5) is 27.8. The van der Waals surface area contributed by atoms with Crippen LogP contribution >= 0.6 is 0 Å². The number of halogens is 3. The number of rotatable bonds is 5. The Hall–Kier alpha value is -3.50. The van der Waals surface area contributed by atoms with Gasteiger partial charge in [-0.2, -0.15) is 18.3 Å². The molecular formula is C22H22F3N7O. The van der Waals surface area contributed by atoms with Crippen LogP contribution in [-0.2, 0) is 6.18 Å². The van der Waals surface area contributed by atoms with Crippen molar-refractivity contribution in [1.82, 2.24) is 29.6 Å². The number of nitrogens with zero attached hydrogens (tertiary/aromatic N) is 6. The Balaban J connectivity index is 1.36. The Bertz CT molecular complexity index is 1150. The van der Waals surface area contributed by atoms with Crippen molar-refractivity contribution in [3.05, 3.63) is 60.1 Å². The summed E-state index contributed by atoms with van der Waals surface area (Å²) in [5, 5.41) is 7.24. The number of amides is 1. The molecule has 33 heavy (non-hydrogen) atoms. The zero-order valence-electron chi connectivity index (χ0n) is 17.8. The summed E-state index contributed by atoms with van der Waals surface area (Å²) in [6, 6.07) is 5.79. The molecule has 0 spiro atoms. The molecule has 2 aliphatic rings. The number of aryl methyl sites for hydroxylation is 1. The van der Waals surface area contributed by atoms with Crippen LogP contribution in [0, 0.1) is 18.8 Å². The van der Waals surface area contributed by atoms with E-state index in [-0.39, 0.29) is 11.9 Å². The monoisotopic (exact) mass is 457 g/mol. The highest BCUT2D eigenvalue weighted by Gasteiger charge is 2.47. The predicted molar refractivity (Wildman–Crippen MR) is 113 cm³/mol. The number of carbonyl (C=O) groups excluding carboxylic acids is 1. The average Bonchev–Trinajstić information content (AvgIpc) is 3.34. The third-order valence-corrected chi connectivity index (χ3v) is 6.27. The third kappa shape index (κ3) is 4.39. The average molecular weight is 457 g/mol. The maximum absolute atomic E-state index is 13.6. The van der Waals surface area contributed by atoms with Gasteiger partial charge in [0.25, 0.3) is 5.91 Å². The Morgan fingerprint density at radius 3 is 2.73 bits per heavy atom. The lowest BCUT2D eigenvalue weighted by atomic mass is 10.0. The van der Waals surface area contributed by atoms with Gasteiger partial charge in [-0.1, -0.05) is 0 Å². The maximum atomic E-state index is 13.6. The Morgan fingerprint density at radius 1 is 1.18 bits per heavy atom. The van der Waals surface area contributed by atoms with Gasteiger partial charge < -0.3 is 10.2 Å². The highest BCUT2D eigenvalue weighted by molar-refractivity contribution is 5.96. The number of likely N-dealkylation sites (tertiary alicyclic amines) is 1. The number of anilines is 1. The van der Waals surface area contributed by atoms with Crippen LogP contribution in [0.5, 0.6) is 0 Å². The van der Waals surface area contributed by atoms with Gasteiger partial charge in [0.1, 0.15) is 18.5 Å². The molecule has 8 nitrogen and oxygen atoms in total.